The monoisotopic (exact) mass is 381 g/mol. The number of ether oxygens (including phenoxy) is 2. The van der Waals surface area contributed by atoms with E-state index in [0.717, 1.165) is 22.2 Å². The Kier molecular flexibility index (Phi) is 3.98. The number of thiophene rings is 1. The molecule has 0 radical (unpaired) electrons. The highest BCUT2D eigenvalue weighted by atomic mass is 79.9. The summed E-state index contributed by atoms with van der Waals surface area (Å²) in [5.74, 6) is -0.727. The van der Waals surface area contributed by atoms with Gasteiger partial charge in [0.2, 0.25) is 0 Å². The van der Waals surface area contributed by atoms with Crippen LogP contribution in [0.4, 0.5) is 0 Å². The standard InChI is InChI=1S/C12H16BrNO4S2/c1-9-7-10(19-11(9)13)20(15,16)14-4-2-3-12(8-14)17-5-6-18-12/h7H,2-6,8H2,1H3. The average molecular weight is 382 g/mol. The Bertz CT molecular complexity index is 587. The predicted molar refractivity (Wildman–Crippen MR) is 79.4 cm³/mol. The van der Waals surface area contributed by atoms with Gasteiger partial charge in [-0.15, -0.1) is 11.3 Å². The largest absolute Gasteiger partial charge is 0.346 e. The number of hydrogen-bond acceptors (Lipinski definition) is 5. The van der Waals surface area contributed by atoms with Crippen LogP contribution in [0.15, 0.2) is 14.1 Å². The second-order valence-corrected chi connectivity index (χ2v) is 9.61. The molecule has 20 heavy (non-hydrogen) atoms. The zero-order chi connectivity index (χ0) is 14.4. The van der Waals surface area contributed by atoms with Gasteiger partial charge >= 0.3 is 0 Å². The molecular formula is C12H16BrNO4S2. The summed E-state index contributed by atoms with van der Waals surface area (Å²) in [4.78, 5) is 0. The summed E-state index contributed by atoms with van der Waals surface area (Å²) in [5, 5.41) is 0. The number of rotatable bonds is 2. The minimum atomic E-state index is -3.47. The van der Waals surface area contributed by atoms with Gasteiger partial charge < -0.3 is 9.47 Å². The Labute approximate surface area is 131 Å². The molecule has 1 aromatic rings. The summed E-state index contributed by atoms with van der Waals surface area (Å²) in [5.41, 5.74) is 0.939. The van der Waals surface area contributed by atoms with Crippen molar-refractivity contribution in [3.63, 3.8) is 0 Å². The van der Waals surface area contributed by atoms with Crippen molar-refractivity contribution in [1.82, 2.24) is 4.31 Å². The summed E-state index contributed by atoms with van der Waals surface area (Å²) in [6, 6.07) is 1.71. The van der Waals surface area contributed by atoms with Gasteiger partial charge in [0.05, 0.1) is 23.5 Å². The molecule has 0 unspecified atom stereocenters. The van der Waals surface area contributed by atoms with E-state index in [2.05, 4.69) is 15.9 Å². The zero-order valence-corrected chi connectivity index (χ0v) is 14.3. The van der Waals surface area contributed by atoms with Gasteiger partial charge in [-0.25, -0.2) is 8.42 Å². The Morgan fingerprint density at radius 1 is 1.40 bits per heavy atom. The lowest BCUT2D eigenvalue weighted by Crippen LogP contribution is -2.50. The lowest BCUT2D eigenvalue weighted by atomic mass is 10.1. The fourth-order valence-corrected chi connectivity index (χ4v) is 6.47. The molecule has 0 amide bonds. The Balaban J connectivity index is 1.87. The highest BCUT2D eigenvalue weighted by Gasteiger charge is 2.44. The van der Waals surface area contributed by atoms with Crippen LogP contribution in [0.5, 0.6) is 0 Å². The van der Waals surface area contributed by atoms with Crippen LogP contribution in [0.2, 0.25) is 0 Å². The van der Waals surface area contributed by atoms with Gasteiger partial charge in [-0.1, -0.05) is 0 Å². The molecule has 0 atom stereocenters. The molecule has 2 saturated heterocycles. The molecule has 0 aromatic carbocycles. The van der Waals surface area contributed by atoms with E-state index in [1.807, 2.05) is 6.92 Å². The van der Waals surface area contributed by atoms with Gasteiger partial charge in [0.1, 0.15) is 4.21 Å². The molecule has 3 heterocycles. The maximum absolute atomic E-state index is 12.7. The zero-order valence-electron chi connectivity index (χ0n) is 11.1. The lowest BCUT2D eigenvalue weighted by Gasteiger charge is -2.37. The molecule has 3 rings (SSSR count). The molecule has 112 valence electrons. The third-order valence-corrected chi connectivity index (χ3v) is 8.06. The van der Waals surface area contributed by atoms with E-state index in [1.54, 1.807) is 6.07 Å². The van der Waals surface area contributed by atoms with Gasteiger partial charge in [-0.05, 0) is 40.9 Å². The van der Waals surface area contributed by atoms with Crippen LogP contribution in [0.25, 0.3) is 0 Å². The van der Waals surface area contributed by atoms with E-state index in [9.17, 15) is 8.42 Å². The quantitative estimate of drug-likeness (QED) is 0.788. The Morgan fingerprint density at radius 2 is 2.10 bits per heavy atom. The molecule has 0 bridgehead atoms. The van der Waals surface area contributed by atoms with Crippen LogP contribution < -0.4 is 0 Å². The number of piperidine rings is 1. The van der Waals surface area contributed by atoms with Crippen molar-refractivity contribution < 1.29 is 17.9 Å². The summed E-state index contributed by atoms with van der Waals surface area (Å²) in [6.45, 7) is 3.77. The number of nitrogens with zero attached hydrogens (tertiary/aromatic N) is 1. The van der Waals surface area contributed by atoms with Crippen LogP contribution in [-0.4, -0.2) is 44.8 Å². The number of halogens is 1. The summed E-state index contributed by atoms with van der Waals surface area (Å²) in [7, 11) is -3.47. The summed E-state index contributed by atoms with van der Waals surface area (Å²) >= 11 is 4.63. The fraction of sp³-hybridized carbons (Fsp3) is 0.667. The molecule has 0 aliphatic carbocycles. The van der Waals surface area contributed by atoms with E-state index in [4.69, 9.17) is 9.47 Å². The van der Waals surface area contributed by atoms with Crippen LogP contribution in [-0.2, 0) is 19.5 Å². The molecule has 2 fully saturated rings. The SMILES string of the molecule is Cc1cc(S(=O)(=O)N2CCCC3(C2)OCCO3)sc1Br. The van der Waals surface area contributed by atoms with Crippen LogP contribution >= 0.6 is 27.3 Å². The van der Waals surface area contributed by atoms with Gasteiger partial charge in [-0.3, -0.25) is 0 Å². The van der Waals surface area contributed by atoms with Crippen molar-refractivity contribution in [3.05, 3.63) is 15.4 Å². The first-order chi connectivity index (χ1) is 9.43. The Hall–Kier alpha value is 0.01000. The second kappa shape index (κ2) is 5.33. The highest BCUT2D eigenvalue weighted by Crippen LogP contribution is 2.36. The minimum Gasteiger partial charge on any atom is -0.346 e. The van der Waals surface area contributed by atoms with Crippen molar-refractivity contribution in [2.24, 2.45) is 0 Å². The molecule has 2 aliphatic heterocycles. The normalized spacial score (nSPS) is 23.5. The first-order valence-corrected chi connectivity index (χ1v) is 9.52. The van der Waals surface area contributed by atoms with Gasteiger partial charge in [0, 0.05) is 13.0 Å². The lowest BCUT2D eigenvalue weighted by molar-refractivity contribution is -0.179. The average Bonchev–Trinajstić information content (AvgIpc) is 2.98. The van der Waals surface area contributed by atoms with E-state index in [1.165, 1.54) is 15.6 Å². The number of aryl methyl sites for hydroxylation is 1. The number of hydrogen-bond donors (Lipinski definition) is 0. The number of sulfonamides is 1. The van der Waals surface area contributed by atoms with Crippen LogP contribution in [0, 0.1) is 6.92 Å². The van der Waals surface area contributed by atoms with Crippen molar-refractivity contribution in [3.8, 4) is 0 Å². The minimum absolute atomic E-state index is 0.282. The van der Waals surface area contributed by atoms with Crippen LogP contribution in [0.1, 0.15) is 18.4 Å². The summed E-state index contributed by atoms with van der Waals surface area (Å²) in [6.07, 6.45) is 1.51. The first kappa shape index (κ1) is 14.9. The van der Waals surface area contributed by atoms with E-state index >= 15 is 0 Å². The molecular weight excluding hydrogens is 366 g/mol. The molecule has 1 spiro atoms. The molecule has 1 aromatic heterocycles. The van der Waals surface area contributed by atoms with Crippen molar-refractivity contribution in [2.45, 2.75) is 29.8 Å². The molecule has 8 heteroatoms. The van der Waals surface area contributed by atoms with Crippen molar-refractivity contribution >= 4 is 37.3 Å². The van der Waals surface area contributed by atoms with Gasteiger partial charge in [-0.2, -0.15) is 4.31 Å². The third kappa shape index (κ3) is 2.57. The Morgan fingerprint density at radius 3 is 2.70 bits per heavy atom. The summed E-state index contributed by atoms with van der Waals surface area (Å²) < 4.78 is 39.4. The van der Waals surface area contributed by atoms with Crippen molar-refractivity contribution in [1.29, 1.82) is 0 Å². The van der Waals surface area contributed by atoms with Gasteiger partial charge in [0.15, 0.2) is 5.79 Å². The molecule has 0 saturated carbocycles. The molecule has 5 nitrogen and oxygen atoms in total. The topological polar surface area (TPSA) is 55.8 Å². The molecule has 2 aliphatic rings. The smallest absolute Gasteiger partial charge is 0.252 e. The van der Waals surface area contributed by atoms with E-state index in [0.29, 0.717) is 24.0 Å². The van der Waals surface area contributed by atoms with Crippen LogP contribution in [0.3, 0.4) is 0 Å². The van der Waals surface area contributed by atoms with Crippen molar-refractivity contribution in [2.75, 3.05) is 26.3 Å². The third-order valence-electron chi connectivity index (χ3n) is 3.62. The molecule has 0 N–H and O–H groups in total. The van der Waals surface area contributed by atoms with E-state index in [-0.39, 0.29) is 6.54 Å². The van der Waals surface area contributed by atoms with Gasteiger partial charge in [0.25, 0.3) is 10.0 Å². The predicted octanol–water partition coefficient (Wildman–Crippen LogP) is 2.35. The maximum atomic E-state index is 12.7. The second-order valence-electron chi connectivity index (χ2n) is 5.07. The van der Waals surface area contributed by atoms with E-state index < -0.39 is 15.8 Å². The highest BCUT2D eigenvalue weighted by molar-refractivity contribution is 9.11. The maximum Gasteiger partial charge on any atom is 0.252 e. The fourth-order valence-electron chi connectivity index (χ4n) is 2.58. The first-order valence-electron chi connectivity index (χ1n) is 6.47.